The molecule has 1 aromatic heterocycles. The molecule has 28 heavy (non-hydrogen) atoms. The van der Waals surface area contributed by atoms with Crippen molar-refractivity contribution in [3.8, 4) is 0 Å². The lowest BCUT2D eigenvalue weighted by Crippen LogP contribution is -2.32. The number of carboxylic acid groups (broad SMARTS) is 1. The van der Waals surface area contributed by atoms with E-state index in [1.54, 1.807) is 6.20 Å². The number of rotatable bonds is 10. The number of nitrogens with two attached hydrogens (primary N) is 1. The minimum atomic E-state index is -1.01. The highest BCUT2D eigenvalue weighted by molar-refractivity contribution is 6.02. The van der Waals surface area contributed by atoms with Gasteiger partial charge >= 0.3 is 12.1 Å². The summed E-state index contributed by atoms with van der Waals surface area (Å²) in [6.07, 6.45) is 7.85. The molecule has 1 heterocycles. The molecule has 1 fully saturated rings. The maximum Gasteiger partial charge on any atom is 0.407 e. The summed E-state index contributed by atoms with van der Waals surface area (Å²) in [5.41, 5.74) is 5.92. The summed E-state index contributed by atoms with van der Waals surface area (Å²) in [5, 5.41) is 10.9. The van der Waals surface area contributed by atoms with E-state index < -0.39 is 18.1 Å². The van der Waals surface area contributed by atoms with Gasteiger partial charge in [0.2, 0.25) is 0 Å². The summed E-state index contributed by atoms with van der Waals surface area (Å²) in [5.74, 6) is -0.469. The molecule has 9 nitrogen and oxygen atoms in total. The van der Waals surface area contributed by atoms with Crippen LogP contribution in [0, 0.1) is 5.92 Å². The van der Waals surface area contributed by atoms with E-state index >= 15 is 0 Å². The number of amides is 1. The first kappa shape index (κ1) is 25.9. The molecule has 1 saturated carbocycles. The van der Waals surface area contributed by atoms with Crippen molar-refractivity contribution >= 4 is 30.3 Å². The van der Waals surface area contributed by atoms with Crippen molar-refractivity contribution in [3.63, 3.8) is 0 Å². The van der Waals surface area contributed by atoms with Crippen LogP contribution in [-0.4, -0.2) is 51.6 Å². The molecule has 5 N–H and O–H groups in total. The third-order valence-corrected chi connectivity index (χ3v) is 4.22. The topological polar surface area (TPSA) is 147 Å². The first-order chi connectivity index (χ1) is 12.9. The van der Waals surface area contributed by atoms with Crippen LogP contribution in [0.25, 0.3) is 0 Å². The molecule has 0 saturated heterocycles. The largest absolute Gasteiger partial charge is 0.480 e. The van der Waals surface area contributed by atoms with Gasteiger partial charge in [0, 0.05) is 19.0 Å². The highest BCUT2D eigenvalue weighted by Crippen LogP contribution is 2.15. The Kier molecular flexibility index (Phi) is 12.9. The molecule has 0 radical (unpaired) electrons. The van der Waals surface area contributed by atoms with Gasteiger partial charge in [-0.05, 0) is 12.3 Å². The maximum absolute atomic E-state index is 11.2. The zero-order valence-electron chi connectivity index (χ0n) is 16.3. The number of hydrogen-bond acceptors (Lipinski definition) is 6. The smallest absolute Gasteiger partial charge is 0.407 e. The predicted molar refractivity (Wildman–Crippen MR) is 106 cm³/mol. The minimum absolute atomic E-state index is 0. The number of nitrogens with one attached hydrogen (secondary N) is 2. The van der Waals surface area contributed by atoms with Crippen molar-refractivity contribution < 1.29 is 24.2 Å². The highest BCUT2D eigenvalue weighted by Gasteiger charge is 2.36. The van der Waals surface area contributed by atoms with Crippen LogP contribution in [0.3, 0.4) is 0 Å². The number of Topliss-reactive ketones (excluding diaryl/α,β-unsaturated/α-hetero) is 1. The maximum atomic E-state index is 11.2. The molecule has 0 bridgehead atoms. The van der Waals surface area contributed by atoms with E-state index in [-0.39, 0.29) is 30.7 Å². The van der Waals surface area contributed by atoms with Crippen LogP contribution in [0.1, 0.15) is 51.6 Å². The normalized spacial score (nSPS) is 16.7. The van der Waals surface area contributed by atoms with Crippen molar-refractivity contribution in [2.75, 3.05) is 6.61 Å². The quantitative estimate of drug-likeness (QED) is 0.454. The fraction of sp³-hybridized carbons (Fsp3) is 0.667. The average molecular weight is 419 g/mol. The lowest BCUT2D eigenvalue weighted by Gasteiger charge is -2.14. The second kappa shape index (κ2) is 14.0. The Morgan fingerprint density at radius 2 is 2.14 bits per heavy atom. The van der Waals surface area contributed by atoms with Crippen LogP contribution in [0.5, 0.6) is 0 Å². The van der Waals surface area contributed by atoms with Gasteiger partial charge in [-0.25, -0.2) is 9.78 Å². The molecule has 3 atom stereocenters. The van der Waals surface area contributed by atoms with Gasteiger partial charge in [0.25, 0.3) is 0 Å². The number of imidazole rings is 1. The highest BCUT2D eigenvalue weighted by atomic mass is 35.5. The number of H-pyrrole nitrogens is 1. The van der Waals surface area contributed by atoms with Crippen molar-refractivity contribution in [3.05, 3.63) is 18.2 Å². The van der Waals surface area contributed by atoms with E-state index in [2.05, 4.69) is 29.1 Å². The van der Waals surface area contributed by atoms with Crippen molar-refractivity contribution in [2.24, 2.45) is 11.7 Å². The number of unbranched alkanes of at least 4 members (excludes halogenated alkanes) is 1. The van der Waals surface area contributed by atoms with Crippen LogP contribution in [0.15, 0.2) is 12.5 Å². The average Bonchev–Trinajstić information content (AvgIpc) is 3.09. The molecule has 2 rings (SSSR count). The van der Waals surface area contributed by atoms with Crippen LogP contribution in [0.4, 0.5) is 4.79 Å². The van der Waals surface area contributed by atoms with E-state index in [0.717, 1.165) is 12.8 Å². The third-order valence-electron chi connectivity index (χ3n) is 4.22. The van der Waals surface area contributed by atoms with Gasteiger partial charge in [0.15, 0.2) is 5.78 Å². The van der Waals surface area contributed by atoms with E-state index in [9.17, 15) is 14.4 Å². The number of ether oxygens (including phenoxy) is 1. The number of carbonyl (C=O) groups excluding carboxylic acids is 2. The fourth-order valence-electron chi connectivity index (χ4n) is 2.26. The molecule has 1 aromatic rings. The monoisotopic (exact) mass is 418 g/mol. The van der Waals surface area contributed by atoms with Gasteiger partial charge in [0.1, 0.15) is 6.04 Å². The summed E-state index contributed by atoms with van der Waals surface area (Å²) in [6, 6.07) is -1.14. The summed E-state index contributed by atoms with van der Waals surface area (Å²) in [6.45, 7) is 4.72. The summed E-state index contributed by atoms with van der Waals surface area (Å²) in [7, 11) is 0. The number of aromatic amines is 1. The van der Waals surface area contributed by atoms with Crippen LogP contribution >= 0.6 is 12.4 Å². The molecule has 0 aliphatic heterocycles. The zero-order valence-corrected chi connectivity index (χ0v) is 17.2. The molecule has 1 amide bonds. The van der Waals surface area contributed by atoms with E-state index in [1.807, 2.05) is 0 Å². The standard InChI is InChI=1S/C12H21NO3.C6H9N3O2.ClH/c1-3-5-6-9(4-2)8-16-12(15)13-10-7-11(10)14;7-5(6(10)11)1-4-2-8-3-9-4;/h9-10H,3-8H2,1-2H3,(H,13,15);2-3,5H,1,7H2,(H,8,9)(H,10,11);1H/t;5-;/m.0./s1. The first-order valence-corrected chi connectivity index (χ1v) is 9.29. The van der Waals surface area contributed by atoms with Gasteiger partial charge in [-0.2, -0.15) is 0 Å². The SMILES string of the molecule is CCCCC(CC)COC(=O)NC1CC1=O.Cl.N[C@@H](Cc1c[nH]cn1)C(=O)O. The van der Waals surface area contributed by atoms with Crippen LogP contribution in [0.2, 0.25) is 0 Å². The van der Waals surface area contributed by atoms with Gasteiger partial charge < -0.3 is 25.9 Å². The number of aliphatic carboxylic acids is 1. The second-order valence-electron chi connectivity index (χ2n) is 6.59. The first-order valence-electron chi connectivity index (χ1n) is 9.29. The Morgan fingerprint density at radius 3 is 2.61 bits per heavy atom. The van der Waals surface area contributed by atoms with Crippen LogP contribution in [-0.2, 0) is 20.7 Å². The van der Waals surface area contributed by atoms with Crippen molar-refractivity contribution in [1.82, 2.24) is 15.3 Å². The number of ketones is 1. The number of hydrogen-bond donors (Lipinski definition) is 4. The third kappa shape index (κ3) is 10.9. The Hall–Kier alpha value is -2.13. The lowest BCUT2D eigenvalue weighted by molar-refractivity contribution is -0.138. The van der Waals surface area contributed by atoms with E-state index in [4.69, 9.17) is 15.6 Å². The van der Waals surface area contributed by atoms with Gasteiger partial charge in [-0.3, -0.25) is 9.59 Å². The molecule has 2 unspecified atom stereocenters. The predicted octanol–water partition coefficient (Wildman–Crippen LogP) is 2.06. The number of nitrogens with zero attached hydrogens (tertiary/aromatic N) is 1. The molecular weight excluding hydrogens is 388 g/mol. The Balaban J connectivity index is 0.000000535. The Labute approximate surface area is 171 Å². The molecule has 1 aliphatic carbocycles. The van der Waals surface area contributed by atoms with E-state index in [1.165, 1.54) is 19.2 Å². The number of alkyl carbamates (subject to hydrolysis) is 1. The van der Waals surface area contributed by atoms with Crippen LogP contribution < -0.4 is 11.1 Å². The Bertz CT molecular complexity index is 597. The number of carboxylic acids is 1. The summed E-state index contributed by atoms with van der Waals surface area (Å²) < 4.78 is 5.09. The second-order valence-corrected chi connectivity index (χ2v) is 6.59. The number of halogens is 1. The molecule has 0 aromatic carbocycles. The molecular formula is C18H31ClN4O5. The molecule has 1 aliphatic rings. The Morgan fingerprint density at radius 1 is 1.46 bits per heavy atom. The molecule has 160 valence electrons. The summed E-state index contributed by atoms with van der Waals surface area (Å²) in [4.78, 5) is 38.8. The van der Waals surface area contributed by atoms with Crippen molar-refractivity contribution in [1.29, 1.82) is 0 Å². The number of aromatic nitrogens is 2. The minimum Gasteiger partial charge on any atom is -0.480 e. The van der Waals surface area contributed by atoms with E-state index in [0.29, 0.717) is 24.6 Å². The lowest BCUT2D eigenvalue weighted by atomic mass is 10.0. The zero-order chi connectivity index (χ0) is 20.2. The number of carbonyl (C=O) groups is 3. The molecule has 0 spiro atoms. The fourth-order valence-corrected chi connectivity index (χ4v) is 2.26. The van der Waals surface area contributed by atoms with Crippen molar-refractivity contribution in [2.45, 2.75) is 64.5 Å². The van der Waals surface area contributed by atoms with Gasteiger partial charge in [-0.1, -0.05) is 33.1 Å². The van der Waals surface area contributed by atoms with Gasteiger partial charge in [-0.15, -0.1) is 12.4 Å². The van der Waals surface area contributed by atoms with Gasteiger partial charge in [0.05, 0.1) is 24.7 Å². The molecule has 10 heteroatoms. The summed E-state index contributed by atoms with van der Waals surface area (Å²) >= 11 is 0.